The lowest BCUT2D eigenvalue weighted by molar-refractivity contribution is -0.149. The van der Waals surface area contributed by atoms with Gasteiger partial charge in [0.25, 0.3) is 5.78 Å². The monoisotopic (exact) mass is 265 g/mol. The maximum Gasteiger partial charge on any atom is 0.373 e. The summed E-state index contributed by atoms with van der Waals surface area (Å²) in [4.78, 5) is 22.0. The molecule has 0 aromatic heterocycles. The Morgan fingerprint density at radius 1 is 1.26 bits per heavy atom. The van der Waals surface area contributed by atoms with Crippen LogP contribution >= 0.6 is 0 Å². The van der Waals surface area contributed by atoms with E-state index in [-0.39, 0.29) is 22.8 Å². The van der Waals surface area contributed by atoms with E-state index in [2.05, 4.69) is 0 Å². The number of hydrogen-bond acceptors (Lipinski definition) is 6. The van der Waals surface area contributed by atoms with Crippen LogP contribution in [0.4, 0.5) is 0 Å². The van der Waals surface area contributed by atoms with Crippen LogP contribution < -0.4 is 9.47 Å². The molecule has 0 aliphatic rings. The number of aromatic hydroxyl groups is 1. The van der Waals surface area contributed by atoms with E-state index in [4.69, 9.17) is 19.8 Å². The number of benzene rings is 1. The molecule has 0 radical (unpaired) electrons. The molecule has 2 N–H and O–H groups in total. The molecule has 0 saturated heterocycles. The lowest BCUT2D eigenvalue weighted by Crippen LogP contribution is -2.20. The van der Waals surface area contributed by atoms with E-state index in [1.54, 1.807) is 6.07 Å². The van der Waals surface area contributed by atoms with Crippen molar-refractivity contribution in [3.63, 3.8) is 0 Å². The van der Waals surface area contributed by atoms with Crippen LogP contribution in [0.25, 0.3) is 0 Å². The van der Waals surface area contributed by atoms with Crippen LogP contribution in [0.15, 0.2) is 12.1 Å². The standard InChI is InChI=1S/C12H11NO6/c1-18-8-3-6(4-9(19-2)11(8)15)7(5-13)10(14)12(16)17/h3-4,7,15H,1-2H3,(H,16,17). The first-order valence-electron chi connectivity index (χ1n) is 5.07. The van der Waals surface area contributed by atoms with Gasteiger partial charge >= 0.3 is 5.97 Å². The smallest absolute Gasteiger partial charge is 0.373 e. The minimum atomic E-state index is -1.71. The Morgan fingerprint density at radius 3 is 2.05 bits per heavy atom. The minimum Gasteiger partial charge on any atom is -0.502 e. The average molecular weight is 265 g/mol. The van der Waals surface area contributed by atoms with Crippen LogP contribution in [0.3, 0.4) is 0 Å². The van der Waals surface area contributed by atoms with Gasteiger partial charge in [0.15, 0.2) is 11.5 Å². The Kier molecular flexibility index (Phi) is 4.32. The average Bonchev–Trinajstić information content (AvgIpc) is 2.40. The molecule has 0 aliphatic carbocycles. The molecule has 0 aliphatic heterocycles. The number of carbonyl (C=O) groups is 2. The highest BCUT2D eigenvalue weighted by molar-refractivity contribution is 6.35. The predicted molar refractivity (Wildman–Crippen MR) is 62.2 cm³/mol. The Labute approximate surface area is 108 Å². The van der Waals surface area contributed by atoms with Gasteiger partial charge in [-0.25, -0.2) is 4.79 Å². The number of hydrogen-bond donors (Lipinski definition) is 2. The number of carboxylic acids is 1. The first-order chi connectivity index (χ1) is 8.96. The Bertz CT molecular complexity index is 535. The molecule has 1 rings (SSSR count). The van der Waals surface area contributed by atoms with Crippen molar-refractivity contribution in [2.24, 2.45) is 0 Å². The van der Waals surface area contributed by atoms with E-state index in [0.29, 0.717) is 0 Å². The van der Waals surface area contributed by atoms with Crippen molar-refractivity contribution in [2.45, 2.75) is 5.92 Å². The van der Waals surface area contributed by atoms with Gasteiger partial charge in [-0.15, -0.1) is 0 Å². The number of aliphatic carboxylic acids is 1. The Morgan fingerprint density at radius 2 is 1.74 bits per heavy atom. The molecule has 0 saturated carbocycles. The summed E-state index contributed by atoms with van der Waals surface area (Å²) in [6.45, 7) is 0. The molecule has 1 unspecified atom stereocenters. The zero-order valence-electron chi connectivity index (χ0n) is 10.2. The SMILES string of the molecule is COc1cc(C(C#N)C(=O)C(=O)O)cc(OC)c1O. The van der Waals surface area contributed by atoms with Gasteiger partial charge in [0.2, 0.25) is 5.75 Å². The van der Waals surface area contributed by atoms with Gasteiger partial charge in [0.1, 0.15) is 5.92 Å². The summed E-state index contributed by atoms with van der Waals surface area (Å²) in [5.41, 5.74) is 0.0707. The van der Waals surface area contributed by atoms with Crippen LogP contribution in [0.1, 0.15) is 11.5 Å². The molecule has 100 valence electrons. The first kappa shape index (κ1) is 14.3. The Hall–Kier alpha value is -2.75. The fraction of sp³-hybridized carbons (Fsp3) is 0.250. The molecule has 0 heterocycles. The molecular formula is C12H11NO6. The summed E-state index contributed by atoms with van der Waals surface area (Å²) in [6.07, 6.45) is 0. The second-order valence-electron chi connectivity index (χ2n) is 3.51. The lowest BCUT2D eigenvalue weighted by Gasteiger charge is -2.12. The maximum absolute atomic E-state index is 11.4. The molecular weight excluding hydrogens is 254 g/mol. The van der Waals surface area contributed by atoms with E-state index in [1.165, 1.54) is 26.4 Å². The van der Waals surface area contributed by atoms with E-state index >= 15 is 0 Å². The lowest BCUT2D eigenvalue weighted by atomic mass is 9.95. The van der Waals surface area contributed by atoms with E-state index in [9.17, 15) is 14.7 Å². The van der Waals surface area contributed by atoms with Crippen LogP contribution in [0.2, 0.25) is 0 Å². The molecule has 0 fully saturated rings. The number of nitriles is 1. The number of ketones is 1. The molecule has 0 amide bonds. The second kappa shape index (κ2) is 5.73. The number of nitrogens with zero attached hydrogens (tertiary/aromatic N) is 1. The van der Waals surface area contributed by atoms with E-state index < -0.39 is 17.7 Å². The van der Waals surface area contributed by atoms with Gasteiger partial charge in [0, 0.05) is 0 Å². The highest BCUT2D eigenvalue weighted by Gasteiger charge is 2.28. The molecule has 1 aromatic carbocycles. The number of phenols is 1. The van der Waals surface area contributed by atoms with Crippen LogP contribution in [0, 0.1) is 11.3 Å². The quantitative estimate of drug-likeness (QED) is 0.751. The first-order valence-corrected chi connectivity index (χ1v) is 5.07. The highest BCUT2D eigenvalue weighted by atomic mass is 16.5. The summed E-state index contributed by atoms with van der Waals surface area (Å²) >= 11 is 0. The largest absolute Gasteiger partial charge is 0.502 e. The molecule has 1 aromatic rings. The summed E-state index contributed by atoms with van der Waals surface area (Å²) < 4.78 is 9.73. The number of Topliss-reactive ketones (excluding diaryl/α,β-unsaturated/α-hetero) is 1. The molecule has 0 spiro atoms. The van der Waals surface area contributed by atoms with Gasteiger partial charge in [-0.2, -0.15) is 5.26 Å². The van der Waals surface area contributed by atoms with Crippen LogP contribution in [-0.4, -0.2) is 36.2 Å². The van der Waals surface area contributed by atoms with Gasteiger partial charge in [-0.1, -0.05) is 0 Å². The predicted octanol–water partition coefficient (Wildman–Crippen LogP) is 0.670. The van der Waals surface area contributed by atoms with Gasteiger partial charge in [-0.05, 0) is 17.7 Å². The van der Waals surface area contributed by atoms with Crippen LogP contribution in [-0.2, 0) is 9.59 Å². The fourth-order valence-electron chi connectivity index (χ4n) is 1.49. The highest BCUT2D eigenvalue weighted by Crippen LogP contribution is 2.39. The summed E-state index contributed by atoms with van der Waals surface area (Å²) in [6, 6.07) is 4.03. The van der Waals surface area contributed by atoms with Crippen molar-refractivity contribution in [1.29, 1.82) is 5.26 Å². The molecule has 1 atom stereocenters. The third-order valence-corrected chi connectivity index (χ3v) is 2.44. The molecule has 0 bridgehead atoms. The number of phenolic OH excluding ortho intramolecular Hbond substituents is 1. The summed E-state index contributed by atoms with van der Waals surface area (Å²) in [7, 11) is 2.55. The molecule has 19 heavy (non-hydrogen) atoms. The van der Waals surface area contributed by atoms with Crippen molar-refractivity contribution >= 4 is 11.8 Å². The number of carboxylic acid groups (broad SMARTS) is 1. The molecule has 7 nitrogen and oxygen atoms in total. The summed E-state index contributed by atoms with van der Waals surface area (Å²) in [5.74, 6) is -4.82. The topological polar surface area (TPSA) is 117 Å². The van der Waals surface area contributed by atoms with Gasteiger partial charge in [-0.3, -0.25) is 4.79 Å². The zero-order valence-corrected chi connectivity index (χ0v) is 10.2. The number of ether oxygens (including phenoxy) is 2. The Balaban J connectivity index is 3.37. The minimum absolute atomic E-state index is 0.0206. The number of methoxy groups -OCH3 is 2. The van der Waals surface area contributed by atoms with Gasteiger partial charge < -0.3 is 19.7 Å². The second-order valence-corrected chi connectivity index (χ2v) is 3.51. The maximum atomic E-state index is 11.4. The normalized spacial score (nSPS) is 11.2. The number of rotatable bonds is 5. The number of carbonyl (C=O) groups excluding carboxylic acids is 1. The van der Waals surface area contributed by atoms with Crippen molar-refractivity contribution in [2.75, 3.05) is 14.2 Å². The van der Waals surface area contributed by atoms with E-state index in [0.717, 1.165) is 0 Å². The molecule has 7 heteroatoms. The van der Waals surface area contributed by atoms with Crippen LogP contribution in [0.5, 0.6) is 17.2 Å². The van der Waals surface area contributed by atoms with Crippen molar-refractivity contribution in [3.05, 3.63) is 17.7 Å². The zero-order chi connectivity index (χ0) is 14.6. The third-order valence-electron chi connectivity index (χ3n) is 2.44. The van der Waals surface area contributed by atoms with Crippen molar-refractivity contribution in [1.82, 2.24) is 0 Å². The van der Waals surface area contributed by atoms with Crippen molar-refractivity contribution in [3.8, 4) is 23.3 Å². The fourth-order valence-corrected chi connectivity index (χ4v) is 1.49. The summed E-state index contributed by atoms with van der Waals surface area (Å²) in [5, 5.41) is 27.2. The van der Waals surface area contributed by atoms with Crippen molar-refractivity contribution < 1.29 is 29.3 Å². The van der Waals surface area contributed by atoms with E-state index in [1.807, 2.05) is 0 Å². The van der Waals surface area contributed by atoms with Gasteiger partial charge in [0.05, 0.1) is 20.3 Å². The third kappa shape index (κ3) is 2.74.